The second kappa shape index (κ2) is 8.23. The standard InChI is InChI=1S/C19H27F2N3O/c1-23-9-6-16(7-10-23)24-8-2-3-15(13-24)19(25)22-12-14-4-5-17(20)18(21)11-14/h4-5,11,15-16H,2-3,6-10,12-13H2,1H3,(H,22,25)/t15-/m1/s1. The van der Waals surface area contributed by atoms with Crippen LogP contribution in [0.3, 0.4) is 0 Å². The highest BCUT2D eigenvalue weighted by Crippen LogP contribution is 2.23. The molecule has 0 radical (unpaired) electrons. The number of nitrogens with zero attached hydrogens (tertiary/aromatic N) is 2. The first-order valence-corrected chi connectivity index (χ1v) is 9.17. The van der Waals surface area contributed by atoms with Crippen molar-refractivity contribution in [1.29, 1.82) is 0 Å². The molecule has 2 saturated heterocycles. The molecule has 1 N–H and O–H groups in total. The SMILES string of the molecule is CN1CCC(N2CCC[C@@H](C(=O)NCc3ccc(F)c(F)c3)C2)CC1. The van der Waals surface area contributed by atoms with Gasteiger partial charge in [-0.1, -0.05) is 6.07 Å². The van der Waals surface area contributed by atoms with Crippen LogP contribution >= 0.6 is 0 Å². The number of carbonyl (C=O) groups excluding carboxylic acids is 1. The van der Waals surface area contributed by atoms with Crippen molar-refractivity contribution in [3.05, 3.63) is 35.4 Å². The molecule has 2 aliphatic heterocycles. The lowest BCUT2D eigenvalue weighted by molar-refractivity contribution is -0.127. The van der Waals surface area contributed by atoms with Crippen LogP contribution in [0.2, 0.25) is 0 Å². The summed E-state index contributed by atoms with van der Waals surface area (Å²) >= 11 is 0. The van der Waals surface area contributed by atoms with Crippen LogP contribution in [0, 0.1) is 17.6 Å². The number of rotatable bonds is 4. The highest BCUT2D eigenvalue weighted by Gasteiger charge is 2.31. The van der Waals surface area contributed by atoms with Crippen LogP contribution in [0.4, 0.5) is 8.78 Å². The Morgan fingerprint density at radius 1 is 1.16 bits per heavy atom. The third-order valence-corrected chi connectivity index (χ3v) is 5.48. The quantitative estimate of drug-likeness (QED) is 0.905. The molecule has 0 spiro atoms. The van der Waals surface area contributed by atoms with Crippen LogP contribution in [0.25, 0.3) is 0 Å². The van der Waals surface area contributed by atoms with Crippen molar-refractivity contribution in [2.24, 2.45) is 5.92 Å². The van der Waals surface area contributed by atoms with Crippen molar-refractivity contribution in [3.8, 4) is 0 Å². The Hall–Kier alpha value is -1.53. The van der Waals surface area contributed by atoms with Crippen molar-refractivity contribution in [1.82, 2.24) is 15.1 Å². The molecule has 3 rings (SSSR count). The second-order valence-corrected chi connectivity index (χ2v) is 7.33. The van der Waals surface area contributed by atoms with Crippen LogP contribution in [0.15, 0.2) is 18.2 Å². The summed E-state index contributed by atoms with van der Waals surface area (Å²) in [6, 6.07) is 4.32. The van der Waals surface area contributed by atoms with Gasteiger partial charge < -0.3 is 10.2 Å². The Kier molecular flexibility index (Phi) is 6.02. The van der Waals surface area contributed by atoms with Crippen LogP contribution < -0.4 is 5.32 Å². The van der Waals surface area contributed by atoms with Gasteiger partial charge in [0, 0.05) is 19.1 Å². The van der Waals surface area contributed by atoms with E-state index < -0.39 is 11.6 Å². The Labute approximate surface area is 148 Å². The van der Waals surface area contributed by atoms with Crippen molar-refractivity contribution < 1.29 is 13.6 Å². The number of amides is 1. The zero-order chi connectivity index (χ0) is 17.8. The average molecular weight is 351 g/mol. The Morgan fingerprint density at radius 3 is 2.64 bits per heavy atom. The molecule has 0 aromatic heterocycles. The van der Waals surface area contributed by atoms with E-state index in [1.54, 1.807) is 0 Å². The summed E-state index contributed by atoms with van der Waals surface area (Å²) in [5.41, 5.74) is 0.579. The third kappa shape index (κ3) is 4.76. The molecule has 138 valence electrons. The van der Waals surface area contributed by atoms with E-state index in [4.69, 9.17) is 0 Å². The average Bonchev–Trinajstić information content (AvgIpc) is 2.63. The van der Waals surface area contributed by atoms with E-state index >= 15 is 0 Å². The van der Waals surface area contributed by atoms with Gasteiger partial charge >= 0.3 is 0 Å². The second-order valence-electron chi connectivity index (χ2n) is 7.33. The molecular weight excluding hydrogens is 324 g/mol. The van der Waals surface area contributed by atoms with E-state index in [1.807, 2.05) is 0 Å². The fraction of sp³-hybridized carbons (Fsp3) is 0.632. The van der Waals surface area contributed by atoms with E-state index in [2.05, 4.69) is 22.2 Å². The number of carbonyl (C=O) groups is 1. The molecule has 0 saturated carbocycles. The Morgan fingerprint density at radius 2 is 1.92 bits per heavy atom. The molecule has 0 aliphatic carbocycles. The van der Waals surface area contributed by atoms with E-state index in [0.29, 0.717) is 11.6 Å². The zero-order valence-corrected chi connectivity index (χ0v) is 14.8. The topological polar surface area (TPSA) is 35.6 Å². The van der Waals surface area contributed by atoms with Gasteiger partial charge in [0.25, 0.3) is 0 Å². The van der Waals surface area contributed by atoms with Crippen molar-refractivity contribution in [2.45, 2.75) is 38.3 Å². The number of benzene rings is 1. The normalized spacial score (nSPS) is 23.6. The summed E-state index contributed by atoms with van der Waals surface area (Å²) in [5, 5.41) is 2.88. The molecule has 2 fully saturated rings. The fourth-order valence-electron chi connectivity index (χ4n) is 3.90. The Balaban J connectivity index is 1.50. The first kappa shape index (κ1) is 18.3. The zero-order valence-electron chi connectivity index (χ0n) is 14.8. The van der Waals surface area contributed by atoms with Gasteiger partial charge in [0.1, 0.15) is 0 Å². The Bertz CT molecular complexity index is 602. The molecule has 4 nitrogen and oxygen atoms in total. The highest BCUT2D eigenvalue weighted by atomic mass is 19.2. The molecule has 6 heteroatoms. The number of hydrogen-bond acceptors (Lipinski definition) is 3. The molecule has 1 atom stereocenters. The minimum Gasteiger partial charge on any atom is -0.352 e. The molecule has 2 aliphatic rings. The number of hydrogen-bond donors (Lipinski definition) is 1. The number of piperidine rings is 2. The van der Waals surface area contributed by atoms with Crippen LogP contribution in [-0.2, 0) is 11.3 Å². The predicted molar refractivity (Wildman–Crippen MR) is 93.0 cm³/mol. The van der Waals surface area contributed by atoms with Gasteiger partial charge in [-0.2, -0.15) is 0 Å². The molecule has 1 aromatic rings. The van der Waals surface area contributed by atoms with Gasteiger partial charge in [0.05, 0.1) is 5.92 Å². The van der Waals surface area contributed by atoms with Gasteiger partial charge in [0.2, 0.25) is 5.91 Å². The van der Waals surface area contributed by atoms with Crippen LogP contribution in [0.5, 0.6) is 0 Å². The van der Waals surface area contributed by atoms with Gasteiger partial charge in [-0.25, -0.2) is 8.78 Å². The van der Waals surface area contributed by atoms with Gasteiger partial charge in [0.15, 0.2) is 11.6 Å². The fourth-order valence-corrected chi connectivity index (χ4v) is 3.90. The number of likely N-dealkylation sites (tertiary alicyclic amines) is 2. The maximum absolute atomic E-state index is 13.2. The van der Waals surface area contributed by atoms with Crippen LogP contribution in [-0.4, -0.2) is 55.0 Å². The van der Waals surface area contributed by atoms with Gasteiger partial charge in [-0.15, -0.1) is 0 Å². The minimum atomic E-state index is -0.877. The summed E-state index contributed by atoms with van der Waals surface area (Å²) < 4.78 is 26.2. The molecule has 1 aromatic carbocycles. The van der Waals surface area contributed by atoms with E-state index in [9.17, 15) is 13.6 Å². The smallest absolute Gasteiger partial charge is 0.224 e. The van der Waals surface area contributed by atoms with E-state index in [1.165, 1.54) is 18.9 Å². The van der Waals surface area contributed by atoms with Gasteiger partial charge in [-0.05, 0) is 70.1 Å². The first-order chi connectivity index (χ1) is 12.0. The summed E-state index contributed by atoms with van der Waals surface area (Å²) in [6.45, 7) is 4.35. The maximum Gasteiger partial charge on any atom is 0.224 e. The summed E-state index contributed by atoms with van der Waals surface area (Å²) in [5.74, 6) is -1.74. The number of nitrogens with one attached hydrogen (secondary N) is 1. The van der Waals surface area contributed by atoms with Crippen molar-refractivity contribution in [3.63, 3.8) is 0 Å². The molecular formula is C19H27F2N3O. The number of halogens is 2. The minimum absolute atomic E-state index is 0.0151. The monoisotopic (exact) mass is 351 g/mol. The molecule has 0 bridgehead atoms. The summed E-state index contributed by atoms with van der Waals surface area (Å²) in [7, 11) is 2.15. The first-order valence-electron chi connectivity index (χ1n) is 9.17. The lowest BCUT2D eigenvalue weighted by Gasteiger charge is -2.41. The predicted octanol–water partition coefficient (Wildman–Crippen LogP) is 2.39. The van der Waals surface area contributed by atoms with E-state index in [0.717, 1.165) is 51.2 Å². The molecule has 1 amide bonds. The van der Waals surface area contributed by atoms with Gasteiger partial charge in [-0.3, -0.25) is 9.69 Å². The molecule has 25 heavy (non-hydrogen) atoms. The maximum atomic E-state index is 13.2. The third-order valence-electron chi connectivity index (χ3n) is 5.48. The lowest BCUT2D eigenvalue weighted by atomic mass is 9.93. The molecule has 2 heterocycles. The molecule has 0 unspecified atom stereocenters. The van der Waals surface area contributed by atoms with Crippen molar-refractivity contribution >= 4 is 5.91 Å². The van der Waals surface area contributed by atoms with E-state index in [-0.39, 0.29) is 18.4 Å². The highest BCUT2D eigenvalue weighted by molar-refractivity contribution is 5.79. The summed E-state index contributed by atoms with van der Waals surface area (Å²) in [6.07, 6.45) is 4.27. The largest absolute Gasteiger partial charge is 0.352 e. The van der Waals surface area contributed by atoms with Crippen LogP contribution in [0.1, 0.15) is 31.2 Å². The summed E-state index contributed by atoms with van der Waals surface area (Å²) in [4.78, 5) is 17.3. The lowest BCUT2D eigenvalue weighted by Crippen LogP contribution is -2.50. The van der Waals surface area contributed by atoms with Crippen molar-refractivity contribution in [2.75, 3.05) is 33.2 Å².